The van der Waals surface area contributed by atoms with Crippen molar-refractivity contribution in [1.82, 2.24) is 14.7 Å². The third-order valence-electron chi connectivity index (χ3n) is 4.05. The summed E-state index contributed by atoms with van der Waals surface area (Å²) in [7, 11) is 0. The van der Waals surface area contributed by atoms with E-state index >= 15 is 0 Å². The van der Waals surface area contributed by atoms with Crippen LogP contribution in [0.2, 0.25) is 5.15 Å². The van der Waals surface area contributed by atoms with E-state index in [4.69, 9.17) is 16.3 Å². The molecule has 3 rings (SSSR count). The first-order valence-corrected chi connectivity index (χ1v) is 8.21. The Kier molecular flexibility index (Phi) is 4.87. The zero-order valence-corrected chi connectivity index (χ0v) is 14.4. The smallest absolute Gasteiger partial charge is 0.259 e. The van der Waals surface area contributed by atoms with E-state index in [0.717, 1.165) is 5.56 Å². The number of hydrogen-bond acceptors (Lipinski definition) is 3. The predicted molar refractivity (Wildman–Crippen MR) is 88.8 cm³/mol. The summed E-state index contributed by atoms with van der Waals surface area (Å²) in [5.41, 5.74) is 1.87. The number of carbonyl (C=O) groups is 1. The van der Waals surface area contributed by atoms with Crippen molar-refractivity contribution in [3.8, 4) is 0 Å². The number of nitrogens with zero attached hydrogens (tertiary/aromatic N) is 3. The standard InChI is InChI=1S/C17H19ClFN3O2/c1-11-9-21(7-8-24-11)17(23)15-12(2)20-22(16(15)18)10-13-3-5-14(19)6-4-13/h3-6,11H,7-10H2,1-2H3. The average molecular weight is 352 g/mol. The molecule has 0 radical (unpaired) electrons. The molecule has 1 saturated heterocycles. The first-order valence-electron chi connectivity index (χ1n) is 7.84. The molecule has 2 heterocycles. The summed E-state index contributed by atoms with van der Waals surface area (Å²) in [5.74, 6) is -0.420. The Morgan fingerprint density at radius 2 is 2.12 bits per heavy atom. The molecule has 1 fully saturated rings. The number of benzene rings is 1. The lowest BCUT2D eigenvalue weighted by molar-refractivity contribution is -0.0124. The molecule has 1 amide bonds. The molecule has 1 atom stereocenters. The summed E-state index contributed by atoms with van der Waals surface area (Å²) >= 11 is 6.41. The number of aromatic nitrogens is 2. The fraction of sp³-hybridized carbons (Fsp3) is 0.412. The molecule has 2 aromatic rings. The first kappa shape index (κ1) is 16.9. The van der Waals surface area contributed by atoms with E-state index in [1.807, 2.05) is 6.92 Å². The predicted octanol–water partition coefficient (Wildman–Crippen LogP) is 2.89. The van der Waals surface area contributed by atoms with Gasteiger partial charge in [-0.15, -0.1) is 0 Å². The van der Waals surface area contributed by atoms with Gasteiger partial charge in [0.25, 0.3) is 5.91 Å². The minimum absolute atomic E-state index is 0.0102. The molecule has 1 aliphatic rings. The number of ether oxygens (including phenoxy) is 1. The van der Waals surface area contributed by atoms with Crippen LogP contribution in [0.15, 0.2) is 24.3 Å². The van der Waals surface area contributed by atoms with Crippen LogP contribution in [0.4, 0.5) is 4.39 Å². The van der Waals surface area contributed by atoms with Gasteiger partial charge in [-0.25, -0.2) is 9.07 Å². The SMILES string of the molecule is Cc1nn(Cc2ccc(F)cc2)c(Cl)c1C(=O)N1CCOC(C)C1. The Balaban J connectivity index is 1.83. The number of carbonyl (C=O) groups excluding carboxylic acids is 1. The maximum atomic E-state index is 13.0. The normalized spacial score (nSPS) is 18.0. The molecule has 24 heavy (non-hydrogen) atoms. The molecule has 1 aliphatic heterocycles. The molecule has 0 saturated carbocycles. The number of morpholine rings is 1. The lowest BCUT2D eigenvalue weighted by Gasteiger charge is -2.31. The van der Waals surface area contributed by atoms with Crippen molar-refractivity contribution in [3.05, 3.63) is 52.1 Å². The van der Waals surface area contributed by atoms with E-state index in [1.165, 1.54) is 12.1 Å². The van der Waals surface area contributed by atoms with Crippen LogP contribution in [0.3, 0.4) is 0 Å². The second-order valence-electron chi connectivity index (χ2n) is 5.97. The zero-order chi connectivity index (χ0) is 17.3. The Morgan fingerprint density at radius 3 is 2.79 bits per heavy atom. The minimum Gasteiger partial charge on any atom is -0.375 e. The Labute approximate surface area is 145 Å². The van der Waals surface area contributed by atoms with Gasteiger partial charge in [-0.3, -0.25) is 4.79 Å². The van der Waals surface area contributed by atoms with Gasteiger partial charge in [-0.1, -0.05) is 23.7 Å². The van der Waals surface area contributed by atoms with Gasteiger partial charge in [0.1, 0.15) is 11.0 Å². The average Bonchev–Trinajstić information content (AvgIpc) is 2.83. The van der Waals surface area contributed by atoms with Gasteiger partial charge in [0, 0.05) is 13.1 Å². The fourth-order valence-corrected chi connectivity index (χ4v) is 3.14. The monoisotopic (exact) mass is 351 g/mol. The second-order valence-corrected chi connectivity index (χ2v) is 6.33. The molecule has 128 valence electrons. The number of halogens is 2. The Bertz CT molecular complexity index is 745. The van der Waals surface area contributed by atoms with E-state index < -0.39 is 0 Å². The van der Waals surface area contributed by atoms with Crippen molar-refractivity contribution in [2.75, 3.05) is 19.7 Å². The van der Waals surface area contributed by atoms with Crippen molar-refractivity contribution >= 4 is 17.5 Å². The largest absolute Gasteiger partial charge is 0.375 e. The van der Waals surface area contributed by atoms with Crippen LogP contribution in [0.1, 0.15) is 28.5 Å². The van der Waals surface area contributed by atoms with Gasteiger partial charge in [0.2, 0.25) is 0 Å². The molecule has 1 unspecified atom stereocenters. The third kappa shape index (κ3) is 3.44. The maximum absolute atomic E-state index is 13.0. The molecule has 0 aliphatic carbocycles. The Morgan fingerprint density at radius 1 is 1.42 bits per heavy atom. The highest BCUT2D eigenvalue weighted by Gasteiger charge is 2.28. The highest BCUT2D eigenvalue weighted by molar-refractivity contribution is 6.33. The molecule has 0 spiro atoms. The molecule has 7 heteroatoms. The van der Waals surface area contributed by atoms with Gasteiger partial charge in [-0.2, -0.15) is 5.10 Å². The summed E-state index contributed by atoms with van der Waals surface area (Å²) in [5, 5.41) is 4.68. The lowest BCUT2D eigenvalue weighted by atomic mass is 10.2. The van der Waals surface area contributed by atoms with E-state index in [1.54, 1.807) is 28.6 Å². The van der Waals surface area contributed by atoms with Crippen LogP contribution < -0.4 is 0 Å². The molecule has 0 N–H and O–H groups in total. The summed E-state index contributed by atoms with van der Waals surface area (Å²) in [6.45, 7) is 5.69. The highest BCUT2D eigenvalue weighted by atomic mass is 35.5. The summed E-state index contributed by atoms with van der Waals surface area (Å²) < 4.78 is 20.0. The number of rotatable bonds is 3. The van der Waals surface area contributed by atoms with E-state index in [9.17, 15) is 9.18 Å². The van der Waals surface area contributed by atoms with Crippen LogP contribution in [0.25, 0.3) is 0 Å². The number of amides is 1. The van der Waals surface area contributed by atoms with Crippen LogP contribution in [-0.4, -0.2) is 46.4 Å². The van der Waals surface area contributed by atoms with Crippen molar-refractivity contribution in [2.24, 2.45) is 0 Å². The summed E-state index contributed by atoms with van der Waals surface area (Å²) in [4.78, 5) is 14.5. The van der Waals surface area contributed by atoms with E-state index in [-0.39, 0.29) is 17.8 Å². The zero-order valence-electron chi connectivity index (χ0n) is 13.6. The molecule has 5 nitrogen and oxygen atoms in total. The van der Waals surface area contributed by atoms with E-state index in [2.05, 4.69) is 5.10 Å². The quantitative estimate of drug-likeness (QED) is 0.854. The van der Waals surface area contributed by atoms with Crippen molar-refractivity contribution < 1.29 is 13.9 Å². The number of aryl methyl sites for hydroxylation is 1. The third-order valence-corrected chi connectivity index (χ3v) is 4.44. The topological polar surface area (TPSA) is 47.4 Å². The summed E-state index contributed by atoms with van der Waals surface area (Å²) in [6, 6.07) is 6.13. The van der Waals surface area contributed by atoms with Crippen LogP contribution in [0, 0.1) is 12.7 Å². The minimum atomic E-state index is -0.293. The van der Waals surface area contributed by atoms with Gasteiger partial charge in [0.15, 0.2) is 0 Å². The molecule has 1 aromatic carbocycles. The van der Waals surface area contributed by atoms with Crippen LogP contribution in [0.5, 0.6) is 0 Å². The fourth-order valence-electron chi connectivity index (χ4n) is 2.82. The summed E-state index contributed by atoms with van der Waals surface area (Å²) in [6.07, 6.45) is 0.0102. The van der Waals surface area contributed by atoms with Crippen molar-refractivity contribution in [3.63, 3.8) is 0 Å². The molecular formula is C17H19ClFN3O2. The second kappa shape index (κ2) is 6.91. The molecular weight excluding hydrogens is 333 g/mol. The van der Waals surface area contributed by atoms with Gasteiger partial charge < -0.3 is 9.64 Å². The molecule has 1 aromatic heterocycles. The lowest BCUT2D eigenvalue weighted by Crippen LogP contribution is -2.44. The highest BCUT2D eigenvalue weighted by Crippen LogP contribution is 2.23. The van der Waals surface area contributed by atoms with Gasteiger partial charge in [-0.05, 0) is 31.5 Å². The maximum Gasteiger partial charge on any atom is 0.259 e. The molecule has 0 bridgehead atoms. The van der Waals surface area contributed by atoms with Crippen LogP contribution >= 0.6 is 11.6 Å². The van der Waals surface area contributed by atoms with Crippen molar-refractivity contribution in [2.45, 2.75) is 26.5 Å². The first-order chi connectivity index (χ1) is 11.5. The van der Waals surface area contributed by atoms with Gasteiger partial charge >= 0.3 is 0 Å². The van der Waals surface area contributed by atoms with E-state index in [0.29, 0.717) is 42.7 Å². The van der Waals surface area contributed by atoms with Crippen LogP contribution in [-0.2, 0) is 11.3 Å². The van der Waals surface area contributed by atoms with Gasteiger partial charge in [0.05, 0.1) is 30.5 Å². The van der Waals surface area contributed by atoms with Crippen molar-refractivity contribution in [1.29, 1.82) is 0 Å². The Hall–Kier alpha value is -1.92. The number of hydrogen-bond donors (Lipinski definition) is 0.